The van der Waals surface area contributed by atoms with Crippen LogP contribution in [-0.4, -0.2) is 54.7 Å². The van der Waals surface area contributed by atoms with Gasteiger partial charge in [-0.2, -0.15) is 0 Å². The van der Waals surface area contributed by atoms with Crippen LogP contribution in [0.15, 0.2) is 24.3 Å². The number of hydrogen-bond donors (Lipinski definition) is 0. The average Bonchev–Trinajstić information content (AvgIpc) is 3.04. The Kier molecular flexibility index (Phi) is 33.8. The molecule has 0 aliphatic rings. The Hall–Kier alpha value is -0.840. The first-order valence-electron chi connectivity index (χ1n) is 19.1. The van der Waals surface area contributed by atoms with E-state index in [-0.39, 0.29) is 29.6 Å². The molecule has 1 rings (SSSR count). The van der Waals surface area contributed by atoms with Crippen LogP contribution in [0.25, 0.3) is 0 Å². The van der Waals surface area contributed by atoms with E-state index >= 15 is 0 Å². The van der Waals surface area contributed by atoms with Gasteiger partial charge >= 0.3 is 11.9 Å². The first-order valence-corrected chi connectivity index (χ1v) is 19.1. The van der Waals surface area contributed by atoms with Gasteiger partial charge in [-0.05, 0) is 25.0 Å². The Morgan fingerprint density at radius 2 is 0.622 bits per heavy atom. The summed E-state index contributed by atoms with van der Waals surface area (Å²) in [6.07, 6.45) is 36.3. The van der Waals surface area contributed by atoms with Crippen LogP contribution in [0.1, 0.15) is 214 Å². The number of esters is 2. The molecule has 45 heavy (non-hydrogen) atoms. The van der Waals surface area contributed by atoms with E-state index < -0.39 is 11.9 Å². The molecule has 0 aromatic heterocycles. The molecule has 0 fully saturated rings. The van der Waals surface area contributed by atoms with E-state index in [2.05, 4.69) is 13.8 Å². The van der Waals surface area contributed by atoms with Crippen molar-refractivity contribution in [1.29, 1.82) is 0 Å². The van der Waals surface area contributed by atoms with Crippen molar-refractivity contribution in [2.45, 2.75) is 194 Å². The normalized spacial score (nSPS) is 10.9. The molecule has 0 aliphatic carbocycles. The van der Waals surface area contributed by atoms with Gasteiger partial charge in [0.25, 0.3) is 0 Å². The van der Waals surface area contributed by atoms with Crippen LogP contribution in [0.5, 0.6) is 0 Å². The number of ether oxygens (including phenoxy) is 2. The predicted molar refractivity (Wildman–Crippen MR) is 193 cm³/mol. The summed E-state index contributed by atoms with van der Waals surface area (Å²) in [5.41, 5.74) is 0.618. The van der Waals surface area contributed by atoms with Crippen LogP contribution in [-0.2, 0) is 9.47 Å². The number of hydrogen-bond acceptors (Lipinski definition) is 4. The zero-order valence-electron chi connectivity index (χ0n) is 30.2. The van der Waals surface area contributed by atoms with Crippen molar-refractivity contribution in [2.24, 2.45) is 0 Å². The molecule has 0 unspecified atom stereocenters. The number of unbranched alkanes of at least 4 members (excludes halogenated alkanes) is 26. The molecule has 0 amide bonds. The van der Waals surface area contributed by atoms with Gasteiger partial charge in [-0.15, -0.1) is 0 Å². The van der Waals surface area contributed by atoms with Gasteiger partial charge < -0.3 is 9.47 Å². The van der Waals surface area contributed by atoms with Gasteiger partial charge in [0.15, 0.2) is 0 Å². The number of carbonyl (C=O) groups excluding carboxylic acids is 2. The molecule has 1 aromatic rings. The van der Waals surface area contributed by atoms with E-state index in [0.717, 1.165) is 25.7 Å². The van der Waals surface area contributed by atoms with E-state index in [0.29, 0.717) is 24.3 Å². The van der Waals surface area contributed by atoms with Crippen molar-refractivity contribution in [3.8, 4) is 0 Å². The molecular weight excluding hydrogens is 567 g/mol. The summed E-state index contributed by atoms with van der Waals surface area (Å²) in [5, 5.41) is 0. The number of carbonyl (C=O) groups is 2. The molecule has 0 N–H and O–H groups in total. The molecule has 255 valence electrons. The van der Waals surface area contributed by atoms with Crippen molar-refractivity contribution >= 4 is 41.5 Å². The van der Waals surface area contributed by atoms with E-state index in [1.165, 1.54) is 154 Å². The number of benzene rings is 1. The fourth-order valence-electron chi connectivity index (χ4n) is 5.92. The standard InChI is InChI=1S/C40H70O4.Na/c1-3-5-7-9-11-13-15-17-19-21-23-25-27-31-35-43-39(41)37-33-29-30-34-38(37)40(42)44-36-32-28-26-24-22-20-18-16-14-12-10-8-6-4-2;/h29-30,33-34H,3-28,31-32,35-36H2,1-2H3;. The van der Waals surface area contributed by atoms with E-state index in [9.17, 15) is 9.59 Å². The Balaban J connectivity index is 0.0000194. The van der Waals surface area contributed by atoms with Crippen molar-refractivity contribution in [3.63, 3.8) is 0 Å². The van der Waals surface area contributed by atoms with Crippen LogP contribution in [0.3, 0.4) is 0 Å². The minimum atomic E-state index is -0.427. The van der Waals surface area contributed by atoms with Crippen molar-refractivity contribution in [1.82, 2.24) is 0 Å². The Morgan fingerprint density at radius 1 is 0.400 bits per heavy atom. The monoisotopic (exact) mass is 638 g/mol. The third kappa shape index (κ3) is 26.9. The zero-order chi connectivity index (χ0) is 31.8. The van der Waals surface area contributed by atoms with Crippen LogP contribution in [0.2, 0.25) is 0 Å². The molecule has 1 radical (unpaired) electrons. The molecule has 0 spiro atoms. The van der Waals surface area contributed by atoms with Gasteiger partial charge in [0, 0.05) is 29.6 Å². The Morgan fingerprint density at radius 3 is 0.867 bits per heavy atom. The third-order valence-electron chi connectivity index (χ3n) is 8.83. The molecule has 4 nitrogen and oxygen atoms in total. The molecule has 0 aliphatic heterocycles. The SMILES string of the molecule is CCCCCCCCCCCCCCCCOC(=O)c1ccccc1C(=O)OCCCCCCCCCCCCCCCC.[Na]. The summed E-state index contributed by atoms with van der Waals surface area (Å²) in [4.78, 5) is 25.4. The first-order chi connectivity index (χ1) is 21.7. The smallest absolute Gasteiger partial charge is 0.339 e. The van der Waals surface area contributed by atoms with Gasteiger partial charge in [0.05, 0.1) is 24.3 Å². The maximum atomic E-state index is 12.7. The fourth-order valence-corrected chi connectivity index (χ4v) is 5.92. The first kappa shape index (κ1) is 44.2. The predicted octanol–water partition coefficient (Wildman–Crippen LogP) is 12.6. The topological polar surface area (TPSA) is 52.6 Å². The molecule has 0 bridgehead atoms. The van der Waals surface area contributed by atoms with Crippen LogP contribution in [0, 0.1) is 0 Å². The molecular formula is C40H70NaO4. The van der Waals surface area contributed by atoms with Gasteiger partial charge in [0.2, 0.25) is 0 Å². The van der Waals surface area contributed by atoms with E-state index in [4.69, 9.17) is 9.47 Å². The third-order valence-corrected chi connectivity index (χ3v) is 8.83. The van der Waals surface area contributed by atoms with Crippen LogP contribution in [0.4, 0.5) is 0 Å². The molecule has 5 heteroatoms. The summed E-state index contributed by atoms with van der Waals surface area (Å²) in [7, 11) is 0. The molecule has 1 aromatic carbocycles. The maximum absolute atomic E-state index is 12.7. The molecule has 0 saturated carbocycles. The Bertz CT molecular complexity index is 731. The second-order valence-electron chi connectivity index (χ2n) is 13.0. The summed E-state index contributed by atoms with van der Waals surface area (Å²) < 4.78 is 11.0. The van der Waals surface area contributed by atoms with Crippen LogP contribution >= 0.6 is 0 Å². The van der Waals surface area contributed by atoms with E-state index in [1.807, 2.05) is 0 Å². The summed E-state index contributed by atoms with van der Waals surface area (Å²) in [5.74, 6) is -0.854. The summed E-state index contributed by atoms with van der Waals surface area (Å²) in [6, 6.07) is 6.87. The second-order valence-corrected chi connectivity index (χ2v) is 13.0. The average molecular weight is 638 g/mol. The van der Waals surface area contributed by atoms with E-state index in [1.54, 1.807) is 24.3 Å². The minimum absolute atomic E-state index is 0. The van der Waals surface area contributed by atoms with Gasteiger partial charge in [0.1, 0.15) is 0 Å². The molecule has 0 atom stereocenters. The van der Waals surface area contributed by atoms with Gasteiger partial charge in [-0.25, -0.2) is 9.59 Å². The summed E-state index contributed by atoms with van der Waals surface area (Å²) >= 11 is 0. The fraction of sp³-hybridized carbons (Fsp3) is 0.800. The van der Waals surface area contributed by atoms with Crippen molar-refractivity contribution in [3.05, 3.63) is 35.4 Å². The van der Waals surface area contributed by atoms with Crippen molar-refractivity contribution in [2.75, 3.05) is 13.2 Å². The molecule has 0 heterocycles. The molecule has 0 saturated heterocycles. The van der Waals surface area contributed by atoms with Gasteiger partial charge in [-0.3, -0.25) is 0 Å². The second kappa shape index (κ2) is 34.5. The minimum Gasteiger partial charge on any atom is -0.462 e. The van der Waals surface area contributed by atoms with Crippen LogP contribution < -0.4 is 0 Å². The largest absolute Gasteiger partial charge is 0.462 e. The Labute approximate surface area is 301 Å². The van der Waals surface area contributed by atoms with Gasteiger partial charge in [-0.1, -0.05) is 193 Å². The maximum Gasteiger partial charge on any atom is 0.339 e. The summed E-state index contributed by atoms with van der Waals surface area (Å²) in [6.45, 7) is 5.35. The quantitative estimate of drug-likeness (QED) is 0.0448. The number of rotatable bonds is 32. The zero-order valence-corrected chi connectivity index (χ0v) is 32.2. The van der Waals surface area contributed by atoms with Crippen molar-refractivity contribution < 1.29 is 19.1 Å².